The molecule has 9 heteroatoms. The second-order valence-electron chi connectivity index (χ2n) is 9.08. The number of Topliss-reactive ketones (excluding diaryl/α,β-unsaturated/α-hetero) is 1. The number of nitrogens with zero attached hydrogens (tertiary/aromatic N) is 1. The number of hydrogen-bond acceptors (Lipinski definition) is 3. The molecule has 0 bridgehead atoms. The van der Waals surface area contributed by atoms with Gasteiger partial charge in [-0.2, -0.15) is 13.2 Å². The first-order valence-corrected chi connectivity index (χ1v) is 12.1. The molecule has 36 heavy (non-hydrogen) atoms. The zero-order valence-electron chi connectivity index (χ0n) is 20.2. The van der Waals surface area contributed by atoms with Gasteiger partial charge in [-0.15, -0.1) is 0 Å². The fourth-order valence-electron chi connectivity index (χ4n) is 4.38. The molecule has 0 aliphatic carbocycles. The molecule has 0 aliphatic rings. The van der Waals surface area contributed by atoms with Crippen LogP contribution in [0.15, 0.2) is 42.5 Å². The number of alkyl halides is 3. The van der Waals surface area contributed by atoms with E-state index in [1.54, 1.807) is 24.6 Å². The van der Waals surface area contributed by atoms with Gasteiger partial charge >= 0.3 is 12.1 Å². The van der Waals surface area contributed by atoms with Crippen LogP contribution in [-0.2, 0) is 35.8 Å². The maximum atomic E-state index is 13.4. The highest BCUT2D eigenvalue weighted by molar-refractivity contribution is 6.30. The predicted molar refractivity (Wildman–Crippen MR) is 132 cm³/mol. The SMILES string of the molecule is CC(CC(=O)O)CC(=O)c1c(CCCCOCc2cccc(Cl)c2)n(C)c2ccc(C(F)(F)F)cc12. The molecule has 194 valence electrons. The average molecular weight is 524 g/mol. The van der Waals surface area contributed by atoms with Gasteiger partial charge in [0.2, 0.25) is 0 Å². The van der Waals surface area contributed by atoms with Crippen LogP contribution in [0.25, 0.3) is 10.9 Å². The second kappa shape index (κ2) is 11.9. The van der Waals surface area contributed by atoms with E-state index in [9.17, 15) is 22.8 Å². The summed E-state index contributed by atoms with van der Waals surface area (Å²) in [5, 5.41) is 9.92. The minimum atomic E-state index is -4.54. The van der Waals surface area contributed by atoms with Gasteiger partial charge in [0.25, 0.3) is 0 Å². The highest BCUT2D eigenvalue weighted by atomic mass is 35.5. The van der Waals surface area contributed by atoms with Crippen LogP contribution in [0.4, 0.5) is 13.2 Å². The number of carbonyl (C=O) groups is 2. The molecular weight excluding hydrogens is 495 g/mol. The number of unbranched alkanes of at least 4 members (excludes halogenated alkanes) is 1. The quantitative estimate of drug-likeness (QED) is 0.203. The van der Waals surface area contributed by atoms with Crippen LogP contribution in [0, 0.1) is 5.92 Å². The van der Waals surface area contributed by atoms with Crippen molar-refractivity contribution in [3.05, 3.63) is 69.9 Å². The summed E-state index contributed by atoms with van der Waals surface area (Å²) in [7, 11) is 1.73. The lowest BCUT2D eigenvalue weighted by Gasteiger charge is -2.11. The Morgan fingerprint density at radius 2 is 1.86 bits per heavy atom. The minimum Gasteiger partial charge on any atom is -0.481 e. The molecule has 0 radical (unpaired) electrons. The molecule has 3 aromatic rings. The van der Waals surface area contributed by atoms with E-state index in [0.29, 0.717) is 48.7 Å². The lowest BCUT2D eigenvalue weighted by atomic mass is 9.94. The number of aryl methyl sites for hydroxylation is 1. The van der Waals surface area contributed by atoms with Gasteiger partial charge in [-0.05, 0) is 61.1 Å². The first kappa shape index (κ1) is 27.7. The Labute approximate surface area is 212 Å². The van der Waals surface area contributed by atoms with Crippen LogP contribution in [-0.4, -0.2) is 28.0 Å². The normalized spacial score (nSPS) is 12.7. The van der Waals surface area contributed by atoms with E-state index in [4.69, 9.17) is 21.4 Å². The highest BCUT2D eigenvalue weighted by Crippen LogP contribution is 2.35. The van der Waals surface area contributed by atoms with Gasteiger partial charge in [-0.25, -0.2) is 0 Å². The van der Waals surface area contributed by atoms with Crippen LogP contribution in [0.3, 0.4) is 0 Å². The first-order valence-electron chi connectivity index (χ1n) is 11.7. The van der Waals surface area contributed by atoms with E-state index >= 15 is 0 Å². The number of rotatable bonds is 12. The second-order valence-corrected chi connectivity index (χ2v) is 9.52. The van der Waals surface area contributed by atoms with Crippen molar-refractivity contribution in [1.29, 1.82) is 0 Å². The van der Waals surface area contributed by atoms with Crippen LogP contribution < -0.4 is 0 Å². The zero-order valence-corrected chi connectivity index (χ0v) is 21.0. The van der Waals surface area contributed by atoms with Crippen LogP contribution in [0.2, 0.25) is 5.02 Å². The van der Waals surface area contributed by atoms with E-state index in [1.165, 1.54) is 6.07 Å². The number of ketones is 1. The van der Waals surface area contributed by atoms with Crippen molar-refractivity contribution in [3.8, 4) is 0 Å². The molecule has 1 heterocycles. The summed E-state index contributed by atoms with van der Waals surface area (Å²) in [6.45, 7) is 2.54. The third-order valence-corrected chi connectivity index (χ3v) is 6.33. The van der Waals surface area contributed by atoms with Gasteiger partial charge in [0, 0.05) is 53.7 Å². The summed E-state index contributed by atoms with van der Waals surface area (Å²) in [5.41, 5.74) is 1.56. The van der Waals surface area contributed by atoms with Gasteiger partial charge in [-0.3, -0.25) is 9.59 Å². The number of benzene rings is 2. The van der Waals surface area contributed by atoms with E-state index in [-0.39, 0.29) is 29.6 Å². The average Bonchev–Trinajstić information content (AvgIpc) is 3.06. The summed E-state index contributed by atoms with van der Waals surface area (Å²) >= 11 is 5.98. The molecule has 2 aromatic carbocycles. The molecule has 0 aliphatic heterocycles. The Hall–Kier alpha value is -2.84. The third kappa shape index (κ3) is 7.11. The molecule has 1 aromatic heterocycles. The van der Waals surface area contributed by atoms with E-state index in [1.807, 2.05) is 18.2 Å². The molecule has 0 fully saturated rings. The molecule has 1 atom stereocenters. The molecule has 0 saturated carbocycles. The Morgan fingerprint density at radius 3 is 2.53 bits per heavy atom. The van der Waals surface area contributed by atoms with Crippen LogP contribution >= 0.6 is 11.6 Å². The lowest BCUT2D eigenvalue weighted by molar-refractivity contribution is -0.138. The highest BCUT2D eigenvalue weighted by Gasteiger charge is 2.32. The van der Waals surface area contributed by atoms with Crippen molar-refractivity contribution < 1.29 is 32.6 Å². The van der Waals surface area contributed by atoms with E-state index < -0.39 is 23.6 Å². The lowest BCUT2D eigenvalue weighted by Crippen LogP contribution is -2.12. The Kier molecular flexibility index (Phi) is 9.19. The largest absolute Gasteiger partial charge is 0.481 e. The van der Waals surface area contributed by atoms with Gasteiger partial charge in [-0.1, -0.05) is 30.7 Å². The molecule has 5 nitrogen and oxygen atoms in total. The Morgan fingerprint density at radius 1 is 1.11 bits per heavy atom. The number of ether oxygens (including phenoxy) is 1. The fourth-order valence-corrected chi connectivity index (χ4v) is 4.59. The molecule has 3 rings (SSSR count). The monoisotopic (exact) mass is 523 g/mol. The third-order valence-electron chi connectivity index (χ3n) is 6.09. The zero-order chi connectivity index (χ0) is 26.5. The van der Waals surface area contributed by atoms with Crippen LogP contribution in [0.1, 0.15) is 59.8 Å². The van der Waals surface area contributed by atoms with Crippen molar-refractivity contribution in [2.24, 2.45) is 13.0 Å². The predicted octanol–water partition coefficient (Wildman–Crippen LogP) is 7.07. The summed E-state index contributed by atoms with van der Waals surface area (Å²) in [6.07, 6.45) is -2.96. The Bertz CT molecular complexity index is 1240. The van der Waals surface area contributed by atoms with E-state index in [2.05, 4.69) is 0 Å². The van der Waals surface area contributed by atoms with Gasteiger partial charge in [0.1, 0.15) is 0 Å². The minimum absolute atomic E-state index is 0.0581. The Balaban J connectivity index is 1.77. The van der Waals surface area contributed by atoms with E-state index in [0.717, 1.165) is 17.7 Å². The van der Waals surface area contributed by atoms with Gasteiger partial charge in [0.05, 0.1) is 12.2 Å². The molecule has 0 amide bonds. The number of aliphatic carboxylic acids is 1. The first-order chi connectivity index (χ1) is 17.0. The molecule has 0 spiro atoms. The summed E-state index contributed by atoms with van der Waals surface area (Å²) in [6, 6.07) is 10.8. The maximum Gasteiger partial charge on any atom is 0.416 e. The number of hydrogen-bond donors (Lipinski definition) is 1. The number of aromatic nitrogens is 1. The molecule has 1 N–H and O–H groups in total. The van der Waals surface area contributed by atoms with Crippen molar-refractivity contribution in [2.45, 2.75) is 51.8 Å². The van der Waals surface area contributed by atoms with Crippen molar-refractivity contribution >= 4 is 34.3 Å². The summed E-state index contributed by atoms with van der Waals surface area (Å²) in [4.78, 5) is 24.3. The molecule has 0 saturated heterocycles. The number of carbonyl (C=O) groups excluding carboxylic acids is 1. The van der Waals surface area contributed by atoms with Crippen LogP contribution in [0.5, 0.6) is 0 Å². The smallest absolute Gasteiger partial charge is 0.416 e. The number of fused-ring (bicyclic) bond motifs is 1. The number of carboxylic acid groups (broad SMARTS) is 1. The number of carboxylic acids is 1. The standard InChI is InChI=1S/C27H29ClF3NO4/c1-17(13-25(34)35)12-24(33)26-21-15-19(27(29,30)31)9-10-22(21)32(2)23(26)8-3-4-11-36-16-18-6-5-7-20(28)14-18/h5-7,9-10,14-15,17H,3-4,8,11-13,16H2,1-2H3,(H,34,35). The topological polar surface area (TPSA) is 68.5 Å². The fraction of sp³-hybridized carbons (Fsp3) is 0.407. The maximum absolute atomic E-state index is 13.4. The van der Waals surface area contributed by atoms with Crippen molar-refractivity contribution in [2.75, 3.05) is 6.61 Å². The van der Waals surface area contributed by atoms with Crippen molar-refractivity contribution in [3.63, 3.8) is 0 Å². The van der Waals surface area contributed by atoms with Crippen molar-refractivity contribution in [1.82, 2.24) is 4.57 Å². The number of halogens is 4. The molecular formula is C27H29ClF3NO4. The summed E-state index contributed by atoms with van der Waals surface area (Å²) in [5.74, 6) is -1.81. The van der Waals surface area contributed by atoms with Gasteiger partial charge < -0.3 is 14.4 Å². The summed E-state index contributed by atoms with van der Waals surface area (Å²) < 4.78 is 47.7. The molecule has 1 unspecified atom stereocenters. The van der Waals surface area contributed by atoms with Gasteiger partial charge in [0.15, 0.2) is 5.78 Å².